The highest BCUT2D eigenvalue weighted by molar-refractivity contribution is 5.78. The maximum absolute atomic E-state index is 12.3. The van der Waals surface area contributed by atoms with Gasteiger partial charge in [0.15, 0.2) is 0 Å². The minimum atomic E-state index is -0.161. The Morgan fingerprint density at radius 1 is 1.37 bits per heavy atom. The van der Waals surface area contributed by atoms with Crippen molar-refractivity contribution < 1.29 is 9.53 Å². The number of ether oxygens (including phenoxy) is 1. The van der Waals surface area contributed by atoms with Crippen molar-refractivity contribution >= 4 is 5.91 Å². The van der Waals surface area contributed by atoms with Crippen molar-refractivity contribution in [1.29, 1.82) is 5.26 Å². The Hall–Kier alpha value is -1.12. The van der Waals surface area contributed by atoms with E-state index in [2.05, 4.69) is 19.9 Å². The van der Waals surface area contributed by atoms with Crippen LogP contribution in [0.2, 0.25) is 0 Å². The zero-order valence-corrected chi connectivity index (χ0v) is 11.9. The van der Waals surface area contributed by atoms with E-state index in [0.29, 0.717) is 32.8 Å². The molecule has 0 aromatic rings. The van der Waals surface area contributed by atoms with Crippen molar-refractivity contribution in [2.75, 3.05) is 39.4 Å². The lowest BCUT2D eigenvalue weighted by molar-refractivity contribution is -0.137. The Labute approximate surface area is 115 Å². The van der Waals surface area contributed by atoms with E-state index in [1.165, 1.54) is 0 Å². The van der Waals surface area contributed by atoms with Crippen LogP contribution in [0.3, 0.4) is 0 Å². The van der Waals surface area contributed by atoms with Gasteiger partial charge in [-0.25, -0.2) is 0 Å². The molecule has 0 N–H and O–H groups in total. The number of hydrogen-bond donors (Lipinski definition) is 0. The first-order chi connectivity index (χ1) is 9.04. The lowest BCUT2D eigenvalue weighted by Crippen LogP contribution is -2.53. The maximum atomic E-state index is 12.3. The average molecular weight is 265 g/mol. The van der Waals surface area contributed by atoms with E-state index in [9.17, 15) is 10.1 Å². The molecule has 0 aromatic heterocycles. The zero-order valence-electron chi connectivity index (χ0n) is 11.9. The van der Waals surface area contributed by atoms with Crippen molar-refractivity contribution in [3.63, 3.8) is 0 Å². The molecule has 0 bridgehead atoms. The van der Waals surface area contributed by atoms with Gasteiger partial charge in [-0.2, -0.15) is 5.26 Å². The van der Waals surface area contributed by atoms with Crippen LogP contribution in [0.1, 0.15) is 26.7 Å². The molecule has 19 heavy (non-hydrogen) atoms. The van der Waals surface area contributed by atoms with Crippen molar-refractivity contribution in [2.45, 2.75) is 32.7 Å². The minimum absolute atomic E-state index is 0.0295. The fourth-order valence-corrected chi connectivity index (χ4v) is 3.01. The van der Waals surface area contributed by atoms with E-state index in [4.69, 9.17) is 4.74 Å². The lowest BCUT2D eigenvalue weighted by atomic mass is 9.77. The molecular formula is C14H23N3O2. The average Bonchev–Trinajstić information content (AvgIpc) is 2.39. The highest BCUT2D eigenvalue weighted by Gasteiger charge is 2.38. The molecule has 2 heterocycles. The van der Waals surface area contributed by atoms with Crippen LogP contribution in [0.5, 0.6) is 0 Å². The first-order valence-electron chi connectivity index (χ1n) is 7.04. The summed E-state index contributed by atoms with van der Waals surface area (Å²) in [6, 6.07) is 2.22. The molecule has 2 rings (SSSR count). The molecule has 0 spiro atoms. The number of likely N-dealkylation sites (tertiary alicyclic amines) is 1. The monoisotopic (exact) mass is 265 g/mol. The number of carbonyl (C=O) groups excluding carboxylic acids is 1. The molecule has 0 radical (unpaired) electrons. The van der Waals surface area contributed by atoms with Crippen LogP contribution in [0.4, 0.5) is 0 Å². The van der Waals surface area contributed by atoms with Crippen LogP contribution in [-0.4, -0.2) is 61.1 Å². The number of piperidine rings is 1. The summed E-state index contributed by atoms with van der Waals surface area (Å²) < 4.78 is 5.26. The molecule has 5 nitrogen and oxygen atoms in total. The van der Waals surface area contributed by atoms with Crippen LogP contribution < -0.4 is 0 Å². The fourth-order valence-electron chi connectivity index (χ4n) is 3.01. The SMILES string of the molecule is CC1(C)CCCN(CC(=O)N2CCOCC2)[C@@H]1C#N. The van der Waals surface area contributed by atoms with Crippen LogP contribution >= 0.6 is 0 Å². The molecule has 0 aliphatic carbocycles. The van der Waals surface area contributed by atoms with E-state index >= 15 is 0 Å². The van der Waals surface area contributed by atoms with Gasteiger partial charge in [-0.3, -0.25) is 9.69 Å². The van der Waals surface area contributed by atoms with Gasteiger partial charge < -0.3 is 9.64 Å². The number of nitrogens with zero attached hydrogens (tertiary/aromatic N) is 3. The summed E-state index contributed by atoms with van der Waals surface area (Å²) in [6.45, 7) is 8.04. The van der Waals surface area contributed by atoms with Gasteiger partial charge in [-0.15, -0.1) is 0 Å². The molecule has 2 fully saturated rings. The molecule has 2 aliphatic rings. The molecule has 5 heteroatoms. The van der Waals surface area contributed by atoms with Crippen LogP contribution in [0.15, 0.2) is 0 Å². The second kappa shape index (κ2) is 5.89. The van der Waals surface area contributed by atoms with E-state index in [1.807, 2.05) is 9.80 Å². The normalized spacial score (nSPS) is 27.8. The molecule has 0 saturated carbocycles. The number of hydrogen-bond acceptors (Lipinski definition) is 4. The largest absolute Gasteiger partial charge is 0.378 e. The van der Waals surface area contributed by atoms with Gasteiger partial charge in [0, 0.05) is 13.1 Å². The summed E-state index contributed by atoms with van der Waals surface area (Å²) >= 11 is 0. The highest BCUT2D eigenvalue weighted by Crippen LogP contribution is 2.34. The quantitative estimate of drug-likeness (QED) is 0.743. The third-order valence-corrected chi connectivity index (χ3v) is 4.20. The third kappa shape index (κ3) is 3.26. The van der Waals surface area contributed by atoms with Gasteiger partial charge in [-0.05, 0) is 24.8 Å². The number of carbonyl (C=O) groups is 1. The molecule has 0 unspecified atom stereocenters. The number of amides is 1. The van der Waals surface area contributed by atoms with Crippen molar-refractivity contribution in [1.82, 2.24) is 9.80 Å². The summed E-state index contributed by atoms with van der Waals surface area (Å²) in [4.78, 5) is 16.1. The Morgan fingerprint density at radius 2 is 2.05 bits per heavy atom. The van der Waals surface area contributed by atoms with E-state index < -0.39 is 0 Å². The van der Waals surface area contributed by atoms with E-state index in [0.717, 1.165) is 19.4 Å². The minimum Gasteiger partial charge on any atom is -0.378 e. The number of nitriles is 1. The second-order valence-electron chi connectivity index (χ2n) is 6.09. The van der Waals surface area contributed by atoms with Crippen LogP contribution in [0, 0.1) is 16.7 Å². The maximum Gasteiger partial charge on any atom is 0.236 e. The molecule has 1 atom stereocenters. The second-order valence-corrected chi connectivity index (χ2v) is 6.09. The predicted molar refractivity (Wildman–Crippen MR) is 71.4 cm³/mol. The summed E-state index contributed by atoms with van der Waals surface area (Å²) in [7, 11) is 0. The first-order valence-corrected chi connectivity index (χ1v) is 7.04. The lowest BCUT2D eigenvalue weighted by Gasteiger charge is -2.43. The van der Waals surface area contributed by atoms with Crippen molar-refractivity contribution in [2.24, 2.45) is 5.41 Å². The molecular weight excluding hydrogens is 242 g/mol. The molecule has 2 aliphatic heterocycles. The van der Waals surface area contributed by atoms with Crippen LogP contribution in [-0.2, 0) is 9.53 Å². The van der Waals surface area contributed by atoms with Crippen molar-refractivity contribution in [3.8, 4) is 6.07 Å². The zero-order chi connectivity index (χ0) is 13.9. The number of rotatable bonds is 2. The standard InChI is InChI=1S/C14H23N3O2/c1-14(2)4-3-5-17(12(14)10-15)11-13(18)16-6-8-19-9-7-16/h12H,3-9,11H2,1-2H3/t12-/m1/s1. The van der Waals surface area contributed by atoms with E-state index in [1.54, 1.807) is 0 Å². The highest BCUT2D eigenvalue weighted by atomic mass is 16.5. The van der Waals surface area contributed by atoms with Crippen molar-refractivity contribution in [3.05, 3.63) is 0 Å². The van der Waals surface area contributed by atoms with Crippen LogP contribution in [0.25, 0.3) is 0 Å². The summed E-state index contributed by atoms with van der Waals surface area (Å²) in [5.74, 6) is 0.126. The Morgan fingerprint density at radius 3 is 2.68 bits per heavy atom. The number of morpholine rings is 1. The Kier molecular flexibility index (Phi) is 4.43. The molecule has 2 saturated heterocycles. The van der Waals surface area contributed by atoms with Gasteiger partial charge in [0.1, 0.15) is 6.04 Å². The third-order valence-electron chi connectivity index (χ3n) is 4.20. The van der Waals surface area contributed by atoms with Gasteiger partial charge in [0.05, 0.1) is 25.8 Å². The first kappa shape index (κ1) is 14.3. The van der Waals surface area contributed by atoms with E-state index in [-0.39, 0.29) is 17.4 Å². The predicted octanol–water partition coefficient (Wildman–Crippen LogP) is 0.859. The van der Waals surface area contributed by atoms with Gasteiger partial charge in [0.25, 0.3) is 0 Å². The molecule has 0 aromatic carbocycles. The molecule has 1 amide bonds. The van der Waals surface area contributed by atoms with Gasteiger partial charge in [-0.1, -0.05) is 13.8 Å². The Bertz CT molecular complexity index is 369. The summed E-state index contributed by atoms with van der Waals surface area (Å²) in [5, 5.41) is 9.38. The summed E-state index contributed by atoms with van der Waals surface area (Å²) in [5.41, 5.74) is -0.0295. The fraction of sp³-hybridized carbons (Fsp3) is 0.857. The topological polar surface area (TPSA) is 56.6 Å². The Balaban J connectivity index is 1.97. The smallest absolute Gasteiger partial charge is 0.236 e. The molecule has 106 valence electrons. The van der Waals surface area contributed by atoms with Gasteiger partial charge in [0.2, 0.25) is 5.91 Å². The summed E-state index contributed by atoms with van der Waals surface area (Å²) in [6.07, 6.45) is 2.11. The van der Waals surface area contributed by atoms with Gasteiger partial charge >= 0.3 is 0 Å².